The monoisotopic (exact) mass is 334 g/mol. The molecule has 0 aromatic heterocycles. The molecule has 0 N–H and O–H groups in total. The number of benzene rings is 2. The van der Waals surface area contributed by atoms with Gasteiger partial charge >= 0.3 is 0 Å². The van der Waals surface area contributed by atoms with Crippen LogP contribution in [0.4, 0.5) is 0 Å². The predicted octanol–water partition coefficient (Wildman–Crippen LogP) is 6.02. The summed E-state index contributed by atoms with van der Waals surface area (Å²) in [5.41, 5.74) is 0.593. The Morgan fingerprint density at radius 2 is 1.09 bits per heavy atom. The molecule has 0 aliphatic heterocycles. The SMILES string of the molecule is CCC(CC)(CP)CP.c1ccc(Oc2ccccc2)cc1. The molecule has 2 aromatic carbocycles. The summed E-state index contributed by atoms with van der Waals surface area (Å²) in [6.07, 6.45) is 5.08. The van der Waals surface area contributed by atoms with Gasteiger partial charge in [0.15, 0.2) is 0 Å². The van der Waals surface area contributed by atoms with E-state index < -0.39 is 0 Å². The molecule has 0 heterocycles. The van der Waals surface area contributed by atoms with Gasteiger partial charge in [-0.2, -0.15) is 0 Å². The van der Waals surface area contributed by atoms with E-state index >= 15 is 0 Å². The fourth-order valence-corrected chi connectivity index (χ4v) is 3.85. The van der Waals surface area contributed by atoms with Gasteiger partial charge in [0.05, 0.1) is 0 Å². The Kier molecular flexibility index (Phi) is 9.37. The molecule has 2 aromatic rings. The summed E-state index contributed by atoms with van der Waals surface area (Å²) in [5, 5.41) is 0. The first-order chi connectivity index (χ1) is 10.7. The van der Waals surface area contributed by atoms with Gasteiger partial charge in [0.1, 0.15) is 11.5 Å². The minimum Gasteiger partial charge on any atom is -0.457 e. The van der Waals surface area contributed by atoms with E-state index in [1.807, 2.05) is 60.7 Å². The topological polar surface area (TPSA) is 9.23 Å². The highest BCUT2D eigenvalue weighted by Crippen LogP contribution is 2.30. The zero-order valence-corrected chi connectivity index (χ0v) is 16.0. The first kappa shape index (κ1) is 19.1. The summed E-state index contributed by atoms with van der Waals surface area (Å²) < 4.78 is 5.58. The fourth-order valence-electron chi connectivity index (χ4n) is 2.02. The molecule has 0 aliphatic carbocycles. The maximum atomic E-state index is 5.58. The second-order valence-corrected chi connectivity index (χ2v) is 6.16. The summed E-state index contributed by atoms with van der Waals surface area (Å²) in [6, 6.07) is 19.5. The third-order valence-electron chi connectivity index (χ3n) is 4.09. The standard InChI is InChI=1S/C12H10O.C7H18P2/c1-3-7-11(8-4-1)13-12-9-5-2-6-10-12;1-3-7(4-2,5-8)6-9/h1-10H;3-6,8-9H2,1-2H3. The second-order valence-electron chi connectivity index (χ2n) is 5.34. The molecule has 0 radical (unpaired) electrons. The van der Waals surface area contributed by atoms with Crippen LogP contribution >= 0.6 is 18.5 Å². The molecular weight excluding hydrogens is 306 g/mol. The van der Waals surface area contributed by atoms with Gasteiger partial charge < -0.3 is 4.74 Å². The average molecular weight is 334 g/mol. The Hall–Kier alpha value is -0.900. The number of hydrogen-bond donors (Lipinski definition) is 0. The maximum absolute atomic E-state index is 5.58. The zero-order chi connectivity index (χ0) is 16.3. The van der Waals surface area contributed by atoms with Crippen molar-refractivity contribution in [1.29, 1.82) is 0 Å². The second kappa shape index (κ2) is 10.8. The van der Waals surface area contributed by atoms with Crippen molar-refractivity contribution in [2.24, 2.45) is 5.41 Å². The summed E-state index contributed by atoms with van der Waals surface area (Å²) in [7, 11) is 5.69. The van der Waals surface area contributed by atoms with Crippen LogP contribution in [0.3, 0.4) is 0 Å². The first-order valence-corrected chi connectivity index (χ1v) is 9.51. The van der Waals surface area contributed by atoms with E-state index in [2.05, 4.69) is 32.3 Å². The summed E-state index contributed by atoms with van der Waals surface area (Å²) in [6.45, 7) is 4.55. The fraction of sp³-hybridized carbons (Fsp3) is 0.368. The maximum Gasteiger partial charge on any atom is 0.127 e. The minimum absolute atomic E-state index is 0.593. The number of rotatable bonds is 6. The van der Waals surface area contributed by atoms with Crippen LogP contribution in [0.5, 0.6) is 11.5 Å². The summed E-state index contributed by atoms with van der Waals surface area (Å²) >= 11 is 0. The lowest BCUT2D eigenvalue weighted by atomic mass is 9.87. The quantitative estimate of drug-likeness (QED) is 0.587. The molecule has 0 saturated carbocycles. The van der Waals surface area contributed by atoms with Crippen LogP contribution in [0.1, 0.15) is 26.7 Å². The normalized spacial score (nSPS) is 10.5. The highest BCUT2D eigenvalue weighted by Gasteiger charge is 2.20. The Bertz CT molecular complexity index is 440. The molecule has 0 aliphatic rings. The van der Waals surface area contributed by atoms with Crippen molar-refractivity contribution < 1.29 is 4.74 Å². The zero-order valence-electron chi connectivity index (χ0n) is 13.7. The van der Waals surface area contributed by atoms with E-state index in [0.29, 0.717) is 5.41 Å². The average Bonchev–Trinajstić information content (AvgIpc) is 2.60. The van der Waals surface area contributed by atoms with E-state index in [0.717, 1.165) is 11.5 Å². The molecule has 0 fully saturated rings. The largest absolute Gasteiger partial charge is 0.457 e. The number of ether oxygens (including phenoxy) is 1. The number of hydrogen-bond acceptors (Lipinski definition) is 1. The van der Waals surface area contributed by atoms with Crippen LogP contribution in [0.2, 0.25) is 0 Å². The molecule has 0 amide bonds. The lowest BCUT2D eigenvalue weighted by Crippen LogP contribution is -2.22. The van der Waals surface area contributed by atoms with Crippen molar-refractivity contribution in [3.63, 3.8) is 0 Å². The summed E-state index contributed by atoms with van der Waals surface area (Å²) in [5.74, 6) is 1.74. The molecule has 22 heavy (non-hydrogen) atoms. The van der Waals surface area contributed by atoms with Crippen molar-refractivity contribution >= 4 is 18.5 Å². The van der Waals surface area contributed by atoms with Crippen LogP contribution in [-0.4, -0.2) is 12.3 Å². The van der Waals surface area contributed by atoms with E-state index in [1.54, 1.807) is 0 Å². The van der Waals surface area contributed by atoms with Gasteiger partial charge in [-0.05, 0) is 54.8 Å². The third kappa shape index (κ3) is 6.47. The van der Waals surface area contributed by atoms with E-state index in [-0.39, 0.29) is 0 Å². The van der Waals surface area contributed by atoms with E-state index in [4.69, 9.17) is 4.74 Å². The molecule has 2 unspecified atom stereocenters. The highest BCUT2D eigenvalue weighted by molar-refractivity contribution is 7.17. The first-order valence-electron chi connectivity index (χ1n) is 7.87. The highest BCUT2D eigenvalue weighted by atomic mass is 31.0. The Morgan fingerprint density at radius 1 is 0.727 bits per heavy atom. The van der Waals surface area contributed by atoms with Crippen LogP contribution in [0.15, 0.2) is 60.7 Å². The van der Waals surface area contributed by atoms with Gasteiger partial charge in [0.25, 0.3) is 0 Å². The lowest BCUT2D eigenvalue weighted by Gasteiger charge is -2.28. The molecule has 0 bridgehead atoms. The molecule has 2 atom stereocenters. The van der Waals surface area contributed by atoms with Crippen LogP contribution < -0.4 is 4.74 Å². The Morgan fingerprint density at radius 3 is 1.32 bits per heavy atom. The number of para-hydroxylation sites is 2. The molecule has 3 heteroatoms. The van der Waals surface area contributed by atoms with Gasteiger partial charge in [-0.25, -0.2) is 0 Å². The predicted molar refractivity (Wildman–Crippen MR) is 105 cm³/mol. The Labute approximate surface area is 140 Å². The third-order valence-corrected chi connectivity index (χ3v) is 5.82. The molecular formula is C19H28OP2. The molecule has 0 saturated heterocycles. The minimum atomic E-state index is 0.593. The molecule has 1 nitrogen and oxygen atoms in total. The van der Waals surface area contributed by atoms with Crippen LogP contribution in [-0.2, 0) is 0 Å². The van der Waals surface area contributed by atoms with Crippen molar-refractivity contribution in [3.8, 4) is 11.5 Å². The van der Waals surface area contributed by atoms with E-state index in [1.165, 1.54) is 25.2 Å². The van der Waals surface area contributed by atoms with Crippen molar-refractivity contribution in [1.82, 2.24) is 0 Å². The van der Waals surface area contributed by atoms with Crippen molar-refractivity contribution in [3.05, 3.63) is 60.7 Å². The Balaban J connectivity index is 0.000000239. The molecule has 2 rings (SSSR count). The molecule has 0 spiro atoms. The van der Waals surface area contributed by atoms with Crippen LogP contribution in [0.25, 0.3) is 0 Å². The van der Waals surface area contributed by atoms with Crippen molar-refractivity contribution in [2.75, 3.05) is 12.3 Å². The lowest BCUT2D eigenvalue weighted by molar-refractivity contribution is 0.356. The van der Waals surface area contributed by atoms with Crippen molar-refractivity contribution in [2.45, 2.75) is 26.7 Å². The molecule has 120 valence electrons. The smallest absolute Gasteiger partial charge is 0.127 e. The summed E-state index contributed by atoms with van der Waals surface area (Å²) in [4.78, 5) is 0. The van der Waals surface area contributed by atoms with Gasteiger partial charge in [-0.3, -0.25) is 0 Å². The van der Waals surface area contributed by atoms with Gasteiger partial charge in [-0.15, -0.1) is 18.5 Å². The van der Waals surface area contributed by atoms with Gasteiger partial charge in [0, 0.05) is 0 Å². The van der Waals surface area contributed by atoms with Crippen LogP contribution in [0, 0.1) is 5.41 Å². The van der Waals surface area contributed by atoms with Gasteiger partial charge in [0.2, 0.25) is 0 Å². The van der Waals surface area contributed by atoms with Gasteiger partial charge in [-0.1, -0.05) is 50.2 Å². The van der Waals surface area contributed by atoms with E-state index in [9.17, 15) is 0 Å².